The van der Waals surface area contributed by atoms with Crippen molar-refractivity contribution in [3.8, 4) is 22.3 Å². The molecule has 5 aromatic rings. The molecule has 0 amide bonds. The molecular formula is C48H53Br2N. The number of nitrogens with zero attached hydrogens (tertiary/aromatic N) is 1. The van der Waals surface area contributed by atoms with Crippen LogP contribution in [0.15, 0.2) is 112 Å². The lowest BCUT2D eigenvalue weighted by molar-refractivity contribution is 0.125. The van der Waals surface area contributed by atoms with Gasteiger partial charge < -0.3 is 4.90 Å². The normalized spacial score (nSPS) is 33.1. The number of rotatable bonds is 5. The van der Waals surface area contributed by atoms with Crippen LogP contribution in [-0.2, 0) is 21.7 Å². The number of hydrogen-bond acceptors (Lipinski definition) is 1. The fourth-order valence-corrected chi connectivity index (χ4v) is 7.36. The van der Waals surface area contributed by atoms with Crippen LogP contribution < -0.4 is 4.90 Å². The van der Waals surface area contributed by atoms with E-state index in [1.165, 1.54) is 23.1 Å². The van der Waals surface area contributed by atoms with E-state index in [0.717, 1.165) is 12.1 Å². The van der Waals surface area contributed by atoms with Crippen LogP contribution >= 0.6 is 31.9 Å². The van der Waals surface area contributed by atoms with Crippen LogP contribution in [0, 0.1) is 10.8 Å². The van der Waals surface area contributed by atoms with Crippen molar-refractivity contribution in [2.45, 2.75) is 104 Å². The largest absolute Gasteiger partial charge is 0.310 e. The molecule has 0 radical (unpaired) electrons. The van der Waals surface area contributed by atoms with Crippen molar-refractivity contribution < 1.29 is 49.3 Å². The van der Waals surface area contributed by atoms with Gasteiger partial charge in [0.05, 0.1) is 5.69 Å². The minimum absolute atomic E-state index is 0.156. The summed E-state index contributed by atoms with van der Waals surface area (Å²) >= 11 is 6.77. The van der Waals surface area contributed by atoms with E-state index in [-0.39, 0.29) is 39.3 Å². The lowest BCUT2D eigenvalue weighted by Crippen LogP contribution is -2.42. The minimum Gasteiger partial charge on any atom is -0.310 e. The Morgan fingerprint density at radius 1 is 0.412 bits per heavy atom. The summed E-state index contributed by atoms with van der Waals surface area (Å²) in [5.74, 6) is 0. The van der Waals surface area contributed by atoms with Crippen molar-refractivity contribution in [3.63, 3.8) is 0 Å². The molecule has 0 aromatic heterocycles. The highest BCUT2D eigenvalue weighted by Gasteiger charge is 2.57. The first-order valence-corrected chi connectivity index (χ1v) is 17.0. The fourth-order valence-electron chi connectivity index (χ4n) is 6.83. The number of anilines is 3. The number of benzene rings is 5. The summed E-state index contributed by atoms with van der Waals surface area (Å²) in [4.78, 5) is 1.47. The molecule has 0 spiro atoms. The molecule has 1 nitrogen and oxygen atoms in total. The lowest BCUT2D eigenvalue weighted by Gasteiger charge is -2.44. The summed E-state index contributed by atoms with van der Waals surface area (Å²) in [5, 5.41) is 0. The number of halogens is 2. The van der Waals surface area contributed by atoms with Gasteiger partial charge in [-0.15, -0.1) is 0 Å². The molecule has 0 aliphatic heterocycles. The van der Waals surface area contributed by atoms with Gasteiger partial charge in [0.15, 0.2) is 0 Å². The van der Waals surface area contributed by atoms with Crippen molar-refractivity contribution in [3.05, 3.63) is 134 Å². The van der Waals surface area contributed by atoms with Crippen LogP contribution in [0.2, 0.25) is 0 Å². The first-order valence-electron chi connectivity index (χ1n) is 33.4. The van der Waals surface area contributed by atoms with E-state index >= 15 is 0 Å². The van der Waals surface area contributed by atoms with Crippen LogP contribution in [0.1, 0.15) is 154 Å². The Kier molecular flexibility index (Phi) is 2.98. The molecule has 5 aromatic carbocycles. The average Bonchev–Trinajstić information content (AvgIpc) is 1.50. The van der Waals surface area contributed by atoms with Gasteiger partial charge in [0.1, 0.15) is 0 Å². The van der Waals surface area contributed by atoms with Crippen LogP contribution in [0.5, 0.6) is 0 Å². The van der Waals surface area contributed by atoms with Crippen LogP contribution in [0.3, 0.4) is 0 Å². The molecule has 0 saturated heterocycles. The van der Waals surface area contributed by atoms with Crippen molar-refractivity contribution in [2.24, 2.45) is 10.8 Å². The van der Waals surface area contributed by atoms with E-state index in [1.54, 1.807) is 48.5 Å². The molecule has 2 aliphatic rings. The second kappa shape index (κ2) is 11.7. The summed E-state index contributed by atoms with van der Waals surface area (Å²) in [7, 11) is 0. The molecule has 2 aliphatic carbocycles. The molecule has 0 unspecified atom stereocenters. The van der Waals surface area contributed by atoms with E-state index in [2.05, 4.69) is 31.9 Å². The van der Waals surface area contributed by atoms with E-state index in [0.29, 0.717) is 33.2 Å². The van der Waals surface area contributed by atoms with Gasteiger partial charge in [-0.1, -0.05) is 163 Å². The monoisotopic (exact) mass is 837 g/mol. The lowest BCUT2D eigenvalue weighted by atomic mass is 9.59. The summed E-state index contributed by atoms with van der Waals surface area (Å²) in [6.07, 6.45) is 0. The molecule has 0 N–H and O–H groups in total. The van der Waals surface area contributed by atoms with E-state index < -0.39 is 137 Å². The molecule has 7 rings (SSSR count). The Morgan fingerprint density at radius 3 is 1.25 bits per heavy atom. The maximum absolute atomic E-state index is 9.07. The fraction of sp³-hybridized carbons (Fsp3) is 0.375. The van der Waals surface area contributed by atoms with Crippen LogP contribution in [-0.4, -0.2) is 0 Å². The van der Waals surface area contributed by atoms with Crippen LogP contribution in [0.25, 0.3) is 22.3 Å². The van der Waals surface area contributed by atoms with Gasteiger partial charge in [-0.05, 0) is 126 Å². The number of hydrogen-bond donors (Lipinski definition) is 0. The molecular weight excluding hydrogens is 750 g/mol. The Balaban J connectivity index is 1.78. The van der Waals surface area contributed by atoms with Gasteiger partial charge >= 0.3 is 0 Å². The summed E-state index contributed by atoms with van der Waals surface area (Å²) in [5.41, 5.74) is -33.2. The smallest absolute Gasteiger partial charge is 0.0546 e. The third-order valence-corrected chi connectivity index (χ3v) is 11.0. The van der Waals surface area contributed by atoms with Crippen molar-refractivity contribution in [1.29, 1.82) is 0 Å². The predicted octanol–water partition coefficient (Wildman–Crippen LogP) is 15.2. The number of fused-ring (bicyclic) bond motifs is 2. The molecule has 0 heterocycles. The van der Waals surface area contributed by atoms with Crippen molar-refractivity contribution in [1.82, 2.24) is 0 Å². The molecule has 0 atom stereocenters. The summed E-state index contributed by atoms with van der Waals surface area (Å²) < 4.78 is 324. The van der Waals surface area contributed by atoms with Gasteiger partial charge in [0, 0.05) is 75.2 Å². The van der Waals surface area contributed by atoms with Gasteiger partial charge in [-0.2, -0.15) is 0 Å². The van der Waals surface area contributed by atoms with Crippen molar-refractivity contribution >= 4 is 48.9 Å². The topological polar surface area (TPSA) is 3.24 Å². The molecule has 264 valence electrons. The van der Waals surface area contributed by atoms with Crippen LogP contribution in [0.4, 0.5) is 17.1 Å². The second-order valence-electron chi connectivity index (χ2n) is 13.0. The van der Waals surface area contributed by atoms with Gasteiger partial charge in [0.25, 0.3) is 0 Å². The van der Waals surface area contributed by atoms with E-state index in [4.69, 9.17) is 49.3 Å². The molecule has 0 fully saturated rings. The molecule has 51 heavy (non-hydrogen) atoms. The maximum atomic E-state index is 9.07. The Labute approximate surface area is 374 Å². The first-order chi connectivity index (χ1) is 38.6. The zero-order valence-corrected chi connectivity index (χ0v) is 29.7. The zero-order chi connectivity index (χ0) is 67.1. The Morgan fingerprint density at radius 2 is 0.804 bits per heavy atom. The Bertz CT molecular complexity index is 3310. The van der Waals surface area contributed by atoms with Gasteiger partial charge in [0.2, 0.25) is 0 Å². The van der Waals surface area contributed by atoms with Crippen molar-refractivity contribution in [2.75, 3.05) is 4.90 Å². The average molecular weight is 840 g/mol. The maximum Gasteiger partial charge on any atom is 0.0546 e. The standard InChI is InChI=1S/C48H53Br2N/c1-43(2)38-25-14-30(27-40(38)45(5,6)47(43,9)10)31-13-24-37(32-15-26-39-41(28-32)46(7,8)48(11,12)44(39,3)4)42(29-31)51(35-20-16-33(49)17-21-35)36-22-18-34(50)19-23-36/h13-29H,1-12H3/i1D3,2D3,3D3,4D3,5D3,6D3,7D3,8D3,9D3,10D3,11D3,12D3. The Hall–Kier alpha value is -3.14. The SMILES string of the molecule is [2H]C([2H])([2H])C1(C([2H])([2H])[2H])c2ccc(-c3ccc(-c4ccc5c(c4)C(C([2H])([2H])[2H])(C([2H])([2H])[2H])C(C([2H])([2H])[2H])(C([2H])([2H])[2H])C5(C([2H])([2H])[2H])C([2H])([2H])[2H])c(N(c4ccc(Br)cc4)c4ccc(Br)cc4)c3)cc2C(C([2H])([2H])[2H])(C([2H])([2H])[2H])C1(C([2H])([2H])[2H])C([2H])([2H])[2H]. The highest BCUT2D eigenvalue weighted by Crippen LogP contribution is 2.63. The van der Waals surface area contributed by atoms with Gasteiger partial charge in [-0.25, -0.2) is 0 Å². The van der Waals surface area contributed by atoms with E-state index in [9.17, 15) is 0 Å². The predicted molar refractivity (Wildman–Crippen MR) is 227 cm³/mol. The molecule has 0 saturated carbocycles. The zero-order valence-electron chi connectivity index (χ0n) is 62.5. The molecule has 3 heteroatoms. The second-order valence-corrected chi connectivity index (χ2v) is 14.9. The summed E-state index contributed by atoms with van der Waals surface area (Å²) in [6, 6.07) is 20.6. The highest BCUT2D eigenvalue weighted by molar-refractivity contribution is 9.10. The van der Waals surface area contributed by atoms with Gasteiger partial charge in [-0.3, -0.25) is 0 Å². The first kappa shape index (κ1) is 13.0. The highest BCUT2D eigenvalue weighted by atomic mass is 79.9. The third kappa shape index (κ3) is 5.11. The molecule has 0 bridgehead atoms. The summed E-state index contributed by atoms with van der Waals surface area (Å²) in [6.45, 7) is -53.7. The minimum atomic E-state index is -4.76. The quantitative estimate of drug-likeness (QED) is 0.170. The van der Waals surface area contributed by atoms with E-state index in [1.807, 2.05) is 0 Å². The third-order valence-electron chi connectivity index (χ3n) is 9.96.